The van der Waals surface area contributed by atoms with E-state index in [4.69, 9.17) is 4.74 Å². The Morgan fingerprint density at radius 2 is 2.04 bits per heavy atom. The predicted octanol–water partition coefficient (Wildman–Crippen LogP) is 2.46. The Kier molecular flexibility index (Phi) is 6.41. The number of ether oxygens (including phenoxy) is 1. The van der Waals surface area contributed by atoms with Crippen molar-refractivity contribution in [2.24, 2.45) is 5.92 Å². The van der Waals surface area contributed by atoms with Gasteiger partial charge in [0.25, 0.3) is 0 Å². The van der Waals surface area contributed by atoms with Crippen molar-refractivity contribution >= 4 is 5.91 Å². The maximum absolute atomic E-state index is 13.2. The van der Waals surface area contributed by atoms with Crippen LogP contribution in [0, 0.1) is 23.4 Å². The summed E-state index contributed by atoms with van der Waals surface area (Å²) in [5.41, 5.74) is -0.0155. The molecule has 4 nitrogen and oxygen atoms in total. The third kappa shape index (κ3) is 4.94. The molecule has 7 heteroatoms. The Labute approximate surface area is 132 Å². The van der Waals surface area contributed by atoms with Gasteiger partial charge in [0, 0.05) is 19.6 Å². The average molecular weight is 331 g/mol. The molecule has 0 radical (unpaired) electrons. The second kappa shape index (κ2) is 8.31. The highest BCUT2D eigenvalue weighted by Gasteiger charge is 2.20. The normalized spacial score (nSPS) is 19.4. The van der Waals surface area contributed by atoms with Gasteiger partial charge in [-0.2, -0.15) is 0 Å². The summed E-state index contributed by atoms with van der Waals surface area (Å²) in [6.07, 6.45) is 2.86. The minimum Gasteiger partial charge on any atom is -0.394 e. The molecule has 128 valence electrons. The van der Waals surface area contributed by atoms with Crippen LogP contribution in [-0.2, 0) is 9.53 Å². The van der Waals surface area contributed by atoms with Crippen molar-refractivity contribution in [1.82, 2.24) is 5.32 Å². The third-order valence-corrected chi connectivity index (χ3v) is 3.96. The van der Waals surface area contributed by atoms with Gasteiger partial charge in [-0.25, -0.2) is 13.2 Å². The second-order valence-electron chi connectivity index (χ2n) is 5.72. The van der Waals surface area contributed by atoms with Crippen LogP contribution in [0.1, 0.15) is 37.3 Å². The molecular formula is C16H20F3NO3. The second-order valence-corrected chi connectivity index (χ2v) is 5.72. The fourth-order valence-corrected chi connectivity index (χ4v) is 2.65. The van der Waals surface area contributed by atoms with Crippen LogP contribution >= 0.6 is 0 Å². The lowest BCUT2D eigenvalue weighted by molar-refractivity contribution is -0.122. The predicted molar refractivity (Wildman–Crippen MR) is 77.1 cm³/mol. The van der Waals surface area contributed by atoms with Crippen molar-refractivity contribution in [2.45, 2.75) is 31.7 Å². The van der Waals surface area contributed by atoms with Crippen LogP contribution < -0.4 is 5.32 Å². The summed E-state index contributed by atoms with van der Waals surface area (Å²) in [4.78, 5) is 11.9. The van der Waals surface area contributed by atoms with Crippen molar-refractivity contribution in [2.75, 3.05) is 19.8 Å². The zero-order chi connectivity index (χ0) is 16.8. The van der Waals surface area contributed by atoms with E-state index in [-0.39, 0.29) is 17.9 Å². The molecule has 1 heterocycles. The van der Waals surface area contributed by atoms with Crippen molar-refractivity contribution in [1.29, 1.82) is 0 Å². The maximum atomic E-state index is 13.2. The molecule has 0 spiro atoms. The monoisotopic (exact) mass is 331 g/mol. The minimum atomic E-state index is -1.57. The van der Waals surface area contributed by atoms with Crippen molar-refractivity contribution in [3.05, 3.63) is 35.1 Å². The highest BCUT2D eigenvalue weighted by Crippen LogP contribution is 2.21. The molecule has 1 aromatic rings. The third-order valence-electron chi connectivity index (χ3n) is 3.96. The molecule has 0 aromatic heterocycles. The van der Waals surface area contributed by atoms with E-state index in [1.54, 1.807) is 0 Å². The molecule has 1 saturated heterocycles. The molecule has 23 heavy (non-hydrogen) atoms. The summed E-state index contributed by atoms with van der Waals surface area (Å²) < 4.78 is 44.8. The number of carbonyl (C=O) groups is 1. The Bertz CT molecular complexity index is 524. The Morgan fingerprint density at radius 1 is 1.35 bits per heavy atom. The van der Waals surface area contributed by atoms with Crippen LogP contribution in [0.5, 0.6) is 0 Å². The topological polar surface area (TPSA) is 58.6 Å². The zero-order valence-corrected chi connectivity index (χ0v) is 12.7. The number of nitrogens with one attached hydrogen (secondary N) is 1. The number of halogens is 3. The van der Waals surface area contributed by atoms with Gasteiger partial charge in [0.15, 0.2) is 17.5 Å². The Morgan fingerprint density at radius 3 is 2.61 bits per heavy atom. The minimum absolute atomic E-state index is 0.0155. The quantitative estimate of drug-likeness (QED) is 0.787. The molecule has 1 fully saturated rings. The first kappa shape index (κ1) is 17.7. The van der Waals surface area contributed by atoms with E-state index in [0.29, 0.717) is 18.9 Å². The molecule has 1 amide bonds. The number of carbonyl (C=O) groups excluding carboxylic acids is 1. The average Bonchev–Trinajstić information content (AvgIpc) is 2.56. The summed E-state index contributed by atoms with van der Waals surface area (Å²) in [6, 6.07) is 0.568. The molecule has 0 bridgehead atoms. The van der Waals surface area contributed by atoms with Crippen molar-refractivity contribution in [3.8, 4) is 0 Å². The fourth-order valence-electron chi connectivity index (χ4n) is 2.65. The van der Waals surface area contributed by atoms with E-state index in [1.165, 1.54) is 0 Å². The lowest BCUT2D eigenvalue weighted by Gasteiger charge is -2.22. The van der Waals surface area contributed by atoms with Crippen LogP contribution in [0.25, 0.3) is 0 Å². The van der Waals surface area contributed by atoms with Gasteiger partial charge in [0.2, 0.25) is 5.91 Å². The summed E-state index contributed by atoms with van der Waals surface area (Å²) in [5.74, 6) is -4.30. The number of hydrogen-bond acceptors (Lipinski definition) is 3. The standard InChI is InChI=1S/C16H20F3NO3/c17-12-6-11(7-13(18)16(12)19)14(8-21)20-15(22)4-3-10-2-1-5-23-9-10/h6-7,10,14,21H,1-5,8-9H2,(H,20,22). The Balaban J connectivity index is 1.92. The molecule has 0 saturated carbocycles. The molecular weight excluding hydrogens is 311 g/mol. The number of benzene rings is 1. The number of hydrogen-bond donors (Lipinski definition) is 2. The molecule has 1 aromatic carbocycles. The van der Waals surface area contributed by atoms with Crippen LogP contribution in [0.3, 0.4) is 0 Å². The van der Waals surface area contributed by atoms with Crippen LogP contribution in [0.15, 0.2) is 12.1 Å². The first-order valence-corrected chi connectivity index (χ1v) is 7.63. The smallest absolute Gasteiger partial charge is 0.220 e. The summed E-state index contributed by atoms with van der Waals surface area (Å²) >= 11 is 0. The van der Waals surface area contributed by atoms with Crippen LogP contribution in [0.2, 0.25) is 0 Å². The van der Waals surface area contributed by atoms with E-state index in [2.05, 4.69) is 5.32 Å². The van der Waals surface area contributed by atoms with Gasteiger partial charge >= 0.3 is 0 Å². The van der Waals surface area contributed by atoms with Crippen LogP contribution in [0.4, 0.5) is 13.2 Å². The van der Waals surface area contributed by atoms with E-state index in [0.717, 1.165) is 31.6 Å². The van der Waals surface area contributed by atoms with Gasteiger partial charge in [-0.3, -0.25) is 4.79 Å². The SMILES string of the molecule is O=C(CCC1CCCOC1)NC(CO)c1cc(F)c(F)c(F)c1. The lowest BCUT2D eigenvalue weighted by Crippen LogP contribution is -2.31. The van der Waals surface area contributed by atoms with Gasteiger partial charge in [-0.05, 0) is 42.9 Å². The molecule has 2 atom stereocenters. The Hall–Kier alpha value is -1.60. The number of aliphatic hydroxyl groups is 1. The van der Waals surface area contributed by atoms with E-state index < -0.39 is 30.1 Å². The van der Waals surface area contributed by atoms with Gasteiger partial charge < -0.3 is 15.2 Å². The number of amides is 1. The summed E-state index contributed by atoms with van der Waals surface area (Å²) in [5, 5.41) is 11.8. The molecule has 0 aliphatic carbocycles. The summed E-state index contributed by atoms with van der Waals surface area (Å²) in [7, 11) is 0. The van der Waals surface area contributed by atoms with E-state index in [9.17, 15) is 23.1 Å². The van der Waals surface area contributed by atoms with Crippen molar-refractivity contribution < 1.29 is 27.8 Å². The van der Waals surface area contributed by atoms with Gasteiger partial charge in [0.1, 0.15) is 0 Å². The highest BCUT2D eigenvalue weighted by molar-refractivity contribution is 5.76. The van der Waals surface area contributed by atoms with Gasteiger partial charge in [-0.1, -0.05) is 0 Å². The molecule has 1 aliphatic heterocycles. The molecule has 1 aliphatic rings. The van der Waals surface area contributed by atoms with Crippen LogP contribution in [-0.4, -0.2) is 30.8 Å². The number of aliphatic hydroxyl groups excluding tert-OH is 1. The first-order chi connectivity index (χ1) is 11.0. The molecule has 2 rings (SSSR count). The van der Waals surface area contributed by atoms with Gasteiger partial charge in [0.05, 0.1) is 12.6 Å². The zero-order valence-electron chi connectivity index (χ0n) is 12.7. The van der Waals surface area contributed by atoms with E-state index >= 15 is 0 Å². The largest absolute Gasteiger partial charge is 0.394 e. The highest BCUT2D eigenvalue weighted by atomic mass is 19.2. The van der Waals surface area contributed by atoms with E-state index in [1.807, 2.05) is 0 Å². The van der Waals surface area contributed by atoms with Crippen molar-refractivity contribution in [3.63, 3.8) is 0 Å². The molecule has 2 N–H and O–H groups in total. The fraction of sp³-hybridized carbons (Fsp3) is 0.562. The first-order valence-electron chi connectivity index (χ1n) is 7.63. The maximum Gasteiger partial charge on any atom is 0.220 e. The number of rotatable bonds is 6. The molecule has 2 unspecified atom stereocenters. The lowest BCUT2D eigenvalue weighted by atomic mass is 9.96. The van der Waals surface area contributed by atoms with Gasteiger partial charge in [-0.15, -0.1) is 0 Å². The summed E-state index contributed by atoms with van der Waals surface area (Å²) in [6.45, 7) is 0.838.